The molecule has 1 spiro atoms. The molecular formula is C49H41NO2. The van der Waals surface area contributed by atoms with Crippen molar-refractivity contribution in [2.45, 2.75) is 56.0 Å². The smallest absolute Gasteiger partial charge is 0.139 e. The standard InChI is InChI=1S/C49H41NO2/c1-3-16-32(17-4-1)34-21-14-27-41-47(34)52-48-38(24-15-28-42(48)49(41)39-25-8-11-30-44(39)51-45-31-12-9-26-40(45)49)37-23-13-22-36-35-20-7-10-29-43(35)50(46(36)37)33-18-5-2-6-19-33/h1-3,5-8,10-14,16,18-25,27,29-31,35-36,43,46H,4,9,15,17,26,28H2. The summed E-state index contributed by atoms with van der Waals surface area (Å²) < 4.78 is 14.3. The largest absolute Gasteiger partial charge is 0.457 e. The lowest BCUT2D eigenvalue weighted by Gasteiger charge is -2.49. The predicted molar refractivity (Wildman–Crippen MR) is 210 cm³/mol. The molecule has 5 unspecified atom stereocenters. The maximum Gasteiger partial charge on any atom is 0.139 e. The van der Waals surface area contributed by atoms with Crippen LogP contribution < -0.4 is 14.4 Å². The van der Waals surface area contributed by atoms with Gasteiger partial charge in [-0.1, -0.05) is 128 Å². The minimum atomic E-state index is -0.489. The third-order valence-corrected chi connectivity index (χ3v) is 12.7. The van der Waals surface area contributed by atoms with Crippen molar-refractivity contribution in [3.63, 3.8) is 0 Å². The second-order valence-electron chi connectivity index (χ2n) is 15.1. The molecule has 52 heavy (non-hydrogen) atoms. The zero-order chi connectivity index (χ0) is 34.2. The minimum Gasteiger partial charge on any atom is -0.457 e. The molecule has 0 radical (unpaired) electrons. The van der Waals surface area contributed by atoms with Crippen molar-refractivity contribution in [2.75, 3.05) is 4.90 Å². The quantitative estimate of drug-likeness (QED) is 0.276. The van der Waals surface area contributed by atoms with Crippen molar-refractivity contribution in [3.05, 3.63) is 202 Å². The van der Waals surface area contributed by atoms with Crippen molar-refractivity contribution < 1.29 is 9.47 Å². The molecule has 3 aromatic carbocycles. The Bertz CT molecular complexity index is 2340. The second kappa shape index (κ2) is 11.7. The summed E-state index contributed by atoms with van der Waals surface area (Å²) in [7, 11) is 0. The lowest BCUT2D eigenvalue weighted by molar-refractivity contribution is 0.341. The highest BCUT2D eigenvalue weighted by atomic mass is 16.5. The molecule has 0 N–H and O–H groups in total. The van der Waals surface area contributed by atoms with Gasteiger partial charge in [0.2, 0.25) is 0 Å². The molecule has 1 saturated heterocycles. The van der Waals surface area contributed by atoms with Gasteiger partial charge in [-0.25, -0.2) is 0 Å². The van der Waals surface area contributed by atoms with Crippen LogP contribution in [0.5, 0.6) is 11.5 Å². The number of fused-ring (bicyclic) bond motifs is 9. The number of benzene rings is 3. The lowest BCUT2D eigenvalue weighted by atomic mass is 9.57. The Morgan fingerprint density at radius 1 is 0.654 bits per heavy atom. The van der Waals surface area contributed by atoms with E-state index in [1.807, 2.05) is 0 Å². The summed E-state index contributed by atoms with van der Waals surface area (Å²) in [6.45, 7) is 0. The van der Waals surface area contributed by atoms with Gasteiger partial charge in [-0.05, 0) is 85.1 Å². The van der Waals surface area contributed by atoms with Gasteiger partial charge < -0.3 is 14.4 Å². The van der Waals surface area contributed by atoms with E-state index in [1.165, 1.54) is 50.2 Å². The molecule has 0 aromatic heterocycles. The fourth-order valence-electron chi connectivity index (χ4n) is 10.6. The third-order valence-electron chi connectivity index (χ3n) is 12.7. The Balaban J connectivity index is 1.17. The fourth-order valence-corrected chi connectivity index (χ4v) is 10.6. The van der Waals surface area contributed by atoms with E-state index in [9.17, 15) is 0 Å². The number of rotatable bonds is 3. The Hall–Kier alpha value is -5.54. The van der Waals surface area contributed by atoms with Crippen LogP contribution >= 0.6 is 0 Å². The average Bonchev–Trinajstić information content (AvgIpc) is 3.56. The number of ether oxygens (including phenoxy) is 2. The lowest BCUT2D eigenvalue weighted by Crippen LogP contribution is -2.43. The van der Waals surface area contributed by atoms with E-state index in [-0.39, 0.29) is 12.1 Å². The molecule has 11 rings (SSSR count). The van der Waals surface area contributed by atoms with Gasteiger partial charge in [0.15, 0.2) is 0 Å². The number of nitrogens with zero attached hydrogens (tertiary/aromatic N) is 1. The van der Waals surface area contributed by atoms with E-state index in [2.05, 4.69) is 157 Å². The van der Waals surface area contributed by atoms with Gasteiger partial charge in [-0.15, -0.1) is 0 Å². The fraction of sp³-hybridized carbons (Fsp3) is 0.224. The van der Waals surface area contributed by atoms with Crippen molar-refractivity contribution in [3.8, 4) is 11.5 Å². The summed E-state index contributed by atoms with van der Waals surface area (Å²) in [5, 5.41) is 0. The zero-order valence-corrected chi connectivity index (χ0v) is 29.2. The van der Waals surface area contributed by atoms with E-state index >= 15 is 0 Å². The molecule has 0 bridgehead atoms. The summed E-state index contributed by atoms with van der Waals surface area (Å²) in [6, 6.07) is 27.2. The topological polar surface area (TPSA) is 21.7 Å². The first-order valence-electron chi connectivity index (χ1n) is 19.2. The van der Waals surface area contributed by atoms with Crippen molar-refractivity contribution >= 4 is 11.3 Å². The van der Waals surface area contributed by atoms with E-state index in [0.29, 0.717) is 11.8 Å². The molecule has 3 heterocycles. The van der Waals surface area contributed by atoms with Gasteiger partial charge in [0.25, 0.3) is 0 Å². The SMILES string of the molecule is C1=CCCC(c2cccc3c2OC2=C(CCC=C2C2=CC=CC4C5C=CC=CC5N(c5ccccc5)C24)C32C3=C(C=CCC3)Oc3ccccc32)=C1. The van der Waals surface area contributed by atoms with Crippen LogP contribution in [-0.2, 0) is 5.41 Å². The van der Waals surface area contributed by atoms with Crippen LogP contribution in [0.25, 0.3) is 5.57 Å². The van der Waals surface area contributed by atoms with Crippen LogP contribution in [0.2, 0.25) is 0 Å². The van der Waals surface area contributed by atoms with Crippen LogP contribution in [0.1, 0.15) is 55.2 Å². The molecule has 0 amide bonds. The number of anilines is 1. The number of hydrogen-bond acceptors (Lipinski definition) is 3. The van der Waals surface area contributed by atoms with Gasteiger partial charge in [0.05, 0.1) is 17.5 Å². The number of para-hydroxylation sites is 3. The first-order chi connectivity index (χ1) is 25.8. The zero-order valence-electron chi connectivity index (χ0n) is 29.2. The van der Waals surface area contributed by atoms with Crippen LogP contribution in [0.15, 0.2) is 186 Å². The van der Waals surface area contributed by atoms with Crippen molar-refractivity contribution in [1.82, 2.24) is 0 Å². The molecule has 0 saturated carbocycles. The highest BCUT2D eigenvalue weighted by Crippen LogP contribution is 2.63. The van der Waals surface area contributed by atoms with E-state index in [0.717, 1.165) is 61.5 Å². The van der Waals surface area contributed by atoms with Gasteiger partial charge in [-0.3, -0.25) is 0 Å². The Labute approximate surface area is 306 Å². The van der Waals surface area contributed by atoms with E-state index in [1.54, 1.807) is 0 Å². The van der Waals surface area contributed by atoms with Crippen LogP contribution in [0, 0.1) is 11.8 Å². The van der Waals surface area contributed by atoms with Gasteiger partial charge in [-0.2, -0.15) is 0 Å². The summed E-state index contributed by atoms with van der Waals surface area (Å²) in [5.41, 5.74) is 11.2. The van der Waals surface area contributed by atoms with Crippen LogP contribution in [0.3, 0.4) is 0 Å². The summed E-state index contributed by atoms with van der Waals surface area (Å²) in [5.74, 6) is 4.74. The van der Waals surface area contributed by atoms with E-state index < -0.39 is 5.41 Å². The highest BCUT2D eigenvalue weighted by Gasteiger charge is 2.55. The van der Waals surface area contributed by atoms with Crippen molar-refractivity contribution in [1.29, 1.82) is 0 Å². The van der Waals surface area contributed by atoms with Gasteiger partial charge >= 0.3 is 0 Å². The molecule has 5 atom stereocenters. The van der Waals surface area contributed by atoms with Crippen LogP contribution in [-0.4, -0.2) is 12.1 Å². The Morgan fingerprint density at radius 2 is 1.48 bits per heavy atom. The molecule has 8 aliphatic rings. The maximum absolute atomic E-state index is 7.57. The molecule has 5 aliphatic carbocycles. The molecule has 3 heteroatoms. The highest BCUT2D eigenvalue weighted by molar-refractivity contribution is 5.81. The molecule has 1 fully saturated rings. The second-order valence-corrected chi connectivity index (χ2v) is 15.1. The normalized spacial score (nSPS) is 28.8. The predicted octanol–water partition coefficient (Wildman–Crippen LogP) is 11.2. The van der Waals surface area contributed by atoms with Crippen LogP contribution in [0.4, 0.5) is 5.69 Å². The molecule has 3 aromatic rings. The Morgan fingerprint density at radius 3 is 2.40 bits per heavy atom. The number of hydrogen-bond donors (Lipinski definition) is 0. The first kappa shape index (κ1) is 30.1. The monoisotopic (exact) mass is 675 g/mol. The first-order valence-corrected chi connectivity index (χ1v) is 19.2. The van der Waals surface area contributed by atoms with Gasteiger partial charge in [0, 0.05) is 39.8 Å². The molecule has 254 valence electrons. The minimum absolute atomic E-state index is 0.171. The molecular weight excluding hydrogens is 635 g/mol. The van der Waals surface area contributed by atoms with Gasteiger partial charge in [0.1, 0.15) is 23.0 Å². The Kier molecular flexibility index (Phi) is 6.80. The third kappa shape index (κ3) is 4.20. The molecule has 3 aliphatic heterocycles. The summed E-state index contributed by atoms with van der Waals surface area (Å²) in [4.78, 5) is 2.69. The summed E-state index contributed by atoms with van der Waals surface area (Å²) >= 11 is 0. The number of allylic oxidation sites excluding steroid dienone is 14. The summed E-state index contributed by atoms with van der Waals surface area (Å²) in [6.07, 6.45) is 36.1. The van der Waals surface area contributed by atoms with E-state index in [4.69, 9.17) is 9.47 Å². The molecule has 3 nitrogen and oxygen atoms in total. The maximum atomic E-state index is 7.57. The van der Waals surface area contributed by atoms with Crippen molar-refractivity contribution in [2.24, 2.45) is 11.8 Å². The average molecular weight is 676 g/mol.